The Labute approximate surface area is 170 Å². The molecule has 0 radical (unpaired) electrons. The van der Waals surface area contributed by atoms with Gasteiger partial charge in [-0.2, -0.15) is 4.98 Å². The molecule has 29 heavy (non-hydrogen) atoms. The Balaban J connectivity index is 1.50. The van der Waals surface area contributed by atoms with Gasteiger partial charge in [0.05, 0.1) is 32.0 Å². The summed E-state index contributed by atoms with van der Waals surface area (Å²) in [5, 5.41) is 0. The molecule has 1 aliphatic rings. The van der Waals surface area contributed by atoms with Gasteiger partial charge in [-0.15, -0.1) is 0 Å². The van der Waals surface area contributed by atoms with E-state index in [1.165, 1.54) is 13.3 Å². The topological polar surface area (TPSA) is 64.6 Å². The van der Waals surface area contributed by atoms with Crippen molar-refractivity contribution >= 4 is 5.91 Å². The molecule has 0 N–H and O–H groups in total. The summed E-state index contributed by atoms with van der Waals surface area (Å²) in [5.74, 6) is 0.575. The van der Waals surface area contributed by atoms with Crippen LogP contribution in [-0.4, -0.2) is 47.1 Å². The molecule has 0 saturated carbocycles. The Bertz CT molecular complexity index is 910. The van der Waals surface area contributed by atoms with Crippen LogP contribution in [0, 0.1) is 0 Å². The normalized spacial score (nSPS) is 16.1. The third-order valence-corrected chi connectivity index (χ3v) is 5.06. The van der Waals surface area contributed by atoms with Crippen molar-refractivity contribution in [2.45, 2.75) is 18.4 Å². The Morgan fingerprint density at radius 3 is 2.24 bits per heavy atom. The minimum atomic E-state index is -0.326. The van der Waals surface area contributed by atoms with E-state index in [1.54, 1.807) is 6.20 Å². The molecule has 1 amide bonds. The van der Waals surface area contributed by atoms with Crippen LogP contribution in [0.4, 0.5) is 0 Å². The molecular weight excluding hydrogens is 366 g/mol. The summed E-state index contributed by atoms with van der Waals surface area (Å²) < 4.78 is 11.0. The zero-order valence-electron chi connectivity index (χ0n) is 16.3. The van der Waals surface area contributed by atoms with Crippen LogP contribution < -0.4 is 9.47 Å². The van der Waals surface area contributed by atoms with Crippen molar-refractivity contribution in [3.63, 3.8) is 0 Å². The molecule has 6 heteroatoms. The van der Waals surface area contributed by atoms with Crippen LogP contribution in [0.3, 0.4) is 0 Å². The van der Waals surface area contributed by atoms with Crippen LogP contribution in [0.2, 0.25) is 0 Å². The second kappa shape index (κ2) is 8.73. The van der Waals surface area contributed by atoms with Gasteiger partial charge < -0.3 is 14.4 Å². The fourth-order valence-corrected chi connectivity index (χ4v) is 3.63. The second-order valence-electron chi connectivity index (χ2n) is 6.97. The van der Waals surface area contributed by atoms with Crippen LogP contribution in [0.1, 0.15) is 23.5 Å². The first kappa shape index (κ1) is 18.9. The highest BCUT2D eigenvalue weighted by Gasteiger charge is 2.33. The molecule has 2 heterocycles. The van der Waals surface area contributed by atoms with E-state index < -0.39 is 0 Å². The van der Waals surface area contributed by atoms with Crippen LogP contribution in [0.25, 0.3) is 0 Å². The summed E-state index contributed by atoms with van der Waals surface area (Å²) in [6.45, 7) is 1.17. The number of likely N-dealkylation sites (tertiary alicyclic amines) is 1. The zero-order chi connectivity index (χ0) is 20.1. The van der Waals surface area contributed by atoms with Gasteiger partial charge in [-0.3, -0.25) is 9.78 Å². The molecule has 1 saturated heterocycles. The molecule has 2 aromatic carbocycles. The van der Waals surface area contributed by atoms with E-state index in [4.69, 9.17) is 9.47 Å². The summed E-state index contributed by atoms with van der Waals surface area (Å²) >= 11 is 0. The first-order valence-corrected chi connectivity index (χ1v) is 9.66. The molecule has 0 aliphatic carbocycles. The maximum atomic E-state index is 13.5. The Morgan fingerprint density at radius 1 is 1.00 bits per heavy atom. The molecule has 3 aromatic rings. The summed E-state index contributed by atoms with van der Waals surface area (Å²) in [6.07, 6.45) is 3.72. The molecule has 0 bridgehead atoms. The maximum absolute atomic E-state index is 13.5. The Morgan fingerprint density at radius 2 is 1.62 bits per heavy atom. The number of methoxy groups -OCH3 is 1. The van der Waals surface area contributed by atoms with Crippen LogP contribution in [-0.2, 0) is 4.79 Å². The fourth-order valence-electron chi connectivity index (χ4n) is 3.63. The minimum Gasteiger partial charge on any atom is -0.480 e. The molecule has 6 nitrogen and oxygen atoms in total. The van der Waals surface area contributed by atoms with Gasteiger partial charge in [-0.05, 0) is 11.1 Å². The SMILES string of the molecule is COc1cncc(OC2CCN(C(=O)C(c3ccccc3)c3ccccc3)C2)n1. The minimum absolute atomic E-state index is 0.0882. The smallest absolute Gasteiger partial charge is 0.235 e. The van der Waals surface area contributed by atoms with Crippen molar-refractivity contribution in [3.05, 3.63) is 84.2 Å². The second-order valence-corrected chi connectivity index (χ2v) is 6.97. The molecule has 1 aliphatic heterocycles. The maximum Gasteiger partial charge on any atom is 0.235 e. The predicted molar refractivity (Wildman–Crippen MR) is 109 cm³/mol. The standard InChI is InChI=1S/C23H23N3O3/c1-28-20-14-24-15-21(25-20)29-19-12-13-26(16-19)23(27)22(17-8-4-2-5-9-17)18-10-6-3-7-11-18/h2-11,14-15,19,22H,12-13,16H2,1H3. The first-order chi connectivity index (χ1) is 14.2. The highest BCUT2D eigenvalue weighted by Crippen LogP contribution is 2.29. The predicted octanol–water partition coefficient (Wildman–Crippen LogP) is 3.30. The van der Waals surface area contributed by atoms with E-state index in [0.29, 0.717) is 24.8 Å². The van der Waals surface area contributed by atoms with Crippen molar-refractivity contribution in [1.82, 2.24) is 14.9 Å². The number of benzene rings is 2. The van der Waals surface area contributed by atoms with Gasteiger partial charge in [0.2, 0.25) is 17.7 Å². The molecule has 148 valence electrons. The highest BCUT2D eigenvalue weighted by atomic mass is 16.5. The summed E-state index contributed by atoms with van der Waals surface area (Å²) in [6, 6.07) is 19.8. The lowest BCUT2D eigenvalue weighted by molar-refractivity contribution is -0.131. The Kier molecular flexibility index (Phi) is 5.70. The van der Waals surface area contributed by atoms with Gasteiger partial charge in [-0.1, -0.05) is 60.7 Å². The third kappa shape index (κ3) is 4.37. The quantitative estimate of drug-likeness (QED) is 0.647. The Hall–Kier alpha value is -3.41. The number of rotatable bonds is 6. The highest BCUT2D eigenvalue weighted by molar-refractivity contribution is 5.87. The van der Waals surface area contributed by atoms with E-state index in [1.807, 2.05) is 65.6 Å². The van der Waals surface area contributed by atoms with E-state index in [2.05, 4.69) is 9.97 Å². The first-order valence-electron chi connectivity index (χ1n) is 9.66. The lowest BCUT2D eigenvalue weighted by Gasteiger charge is -2.24. The van der Waals surface area contributed by atoms with Crippen molar-refractivity contribution in [2.24, 2.45) is 0 Å². The molecule has 1 atom stereocenters. The molecule has 1 aromatic heterocycles. The van der Waals surface area contributed by atoms with Crippen LogP contribution >= 0.6 is 0 Å². The van der Waals surface area contributed by atoms with Crippen LogP contribution in [0.5, 0.6) is 11.8 Å². The van der Waals surface area contributed by atoms with E-state index in [0.717, 1.165) is 17.5 Å². The van der Waals surface area contributed by atoms with Crippen LogP contribution in [0.15, 0.2) is 73.1 Å². The van der Waals surface area contributed by atoms with Crippen molar-refractivity contribution in [2.75, 3.05) is 20.2 Å². The number of hydrogen-bond donors (Lipinski definition) is 0. The third-order valence-electron chi connectivity index (χ3n) is 5.06. The molecule has 1 fully saturated rings. The van der Waals surface area contributed by atoms with Gasteiger partial charge >= 0.3 is 0 Å². The van der Waals surface area contributed by atoms with Gasteiger partial charge in [-0.25, -0.2) is 0 Å². The van der Waals surface area contributed by atoms with Crippen molar-refractivity contribution < 1.29 is 14.3 Å². The number of hydrogen-bond acceptors (Lipinski definition) is 5. The van der Waals surface area contributed by atoms with Gasteiger partial charge in [0.25, 0.3) is 0 Å². The molecule has 1 unspecified atom stereocenters. The van der Waals surface area contributed by atoms with E-state index >= 15 is 0 Å². The number of amides is 1. The number of carbonyl (C=O) groups excluding carboxylic acids is 1. The van der Waals surface area contributed by atoms with Gasteiger partial charge in [0.1, 0.15) is 6.10 Å². The molecule has 4 rings (SSSR count). The number of ether oxygens (including phenoxy) is 2. The number of aromatic nitrogens is 2. The summed E-state index contributed by atoms with van der Waals surface area (Å²) in [7, 11) is 1.54. The number of nitrogens with zero attached hydrogens (tertiary/aromatic N) is 3. The van der Waals surface area contributed by atoms with Crippen molar-refractivity contribution in [1.29, 1.82) is 0 Å². The summed E-state index contributed by atoms with van der Waals surface area (Å²) in [4.78, 5) is 23.7. The lowest BCUT2D eigenvalue weighted by Crippen LogP contribution is -2.35. The fraction of sp³-hybridized carbons (Fsp3) is 0.261. The number of carbonyl (C=O) groups is 1. The van der Waals surface area contributed by atoms with Crippen molar-refractivity contribution in [3.8, 4) is 11.8 Å². The molecular formula is C23H23N3O3. The average Bonchev–Trinajstić information content (AvgIpc) is 3.24. The summed E-state index contributed by atoms with van der Waals surface area (Å²) in [5.41, 5.74) is 1.98. The van der Waals surface area contributed by atoms with Gasteiger partial charge in [0, 0.05) is 13.0 Å². The molecule has 0 spiro atoms. The monoisotopic (exact) mass is 389 g/mol. The van der Waals surface area contributed by atoms with E-state index in [-0.39, 0.29) is 17.9 Å². The zero-order valence-corrected chi connectivity index (χ0v) is 16.3. The lowest BCUT2D eigenvalue weighted by atomic mass is 9.90. The van der Waals surface area contributed by atoms with Gasteiger partial charge in [0.15, 0.2) is 0 Å². The largest absolute Gasteiger partial charge is 0.480 e. The average molecular weight is 389 g/mol. The van der Waals surface area contributed by atoms with E-state index in [9.17, 15) is 4.79 Å².